The number of allylic oxidation sites excluding steroid dienone is 2. The largest absolute Gasteiger partial charge is 0.462 e. The van der Waals surface area contributed by atoms with Crippen molar-refractivity contribution in [2.45, 2.75) is 319 Å². The van der Waals surface area contributed by atoms with Gasteiger partial charge in [-0.05, 0) is 38.5 Å². The second-order valence-electron chi connectivity index (χ2n) is 21.2. The number of aliphatic hydroxyl groups excluding tert-OH is 7. The highest BCUT2D eigenvalue weighted by atomic mass is 16.7. The van der Waals surface area contributed by atoms with Crippen molar-refractivity contribution in [2.24, 2.45) is 0 Å². The highest BCUT2D eigenvalue weighted by Crippen LogP contribution is 2.27. The van der Waals surface area contributed by atoms with E-state index in [4.69, 9.17) is 28.4 Å². The lowest BCUT2D eigenvalue weighted by Crippen LogP contribution is -2.61. The first-order valence-corrected chi connectivity index (χ1v) is 29.8. The molecule has 0 spiro atoms. The third kappa shape index (κ3) is 32.6. The minimum Gasteiger partial charge on any atom is -0.462 e. The first-order chi connectivity index (χ1) is 35.5. The number of esters is 2. The van der Waals surface area contributed by atoms with E-state index in [9.17, 15) is 45.3 Å². The number of carbonyl (C=O) groups is 2. The van der Waals surface area contributed by atoms with Gasteiger partial charge in [0.15, 0.2) is 18.7 Å². The van der Waals surface area contributed by atoms with Crippen molar-refractivity contribution in [1.29, 1.82) is 0 Å². The minimum absolute atomic E-state index is 0.169. The fraction of sp³-hybridized carbons (Fsp3) is 0.931. The number of hydrogen-bond acceptors (Lipinski definition) is 15. The third-order valence-electron chi connectivity index (χ3n) is 14.5. The summed E-state index contributed by atoms with van der Waals surface area (Å²) in [4.78, 5) is 25.9. The summed E-state index contributed by atoms with van der Waals surface area (Å²) in [6, 6.07) is 0. The van der Waals surface area contributed by atoms with Crippen molar-refractivity contribution in [3.63, 3.8) is 0 Å². The van der Waals surface area contributed by atoms with Gasteiger partial charge in [0, 0.05) is 12.8 Å². The fourth-order valence-electron chi connectivity index (χ4n) is 9.63. The van der Waals surface area contributed by atoms with Gasteiger partial charge in [-0.15, -0.1) is 0 Å². The highest BCUT2D eigenvalue weighted by Gasteiger charge is 2.47. The Morgan fingerprint density at radius 3 is 1.21 bits per heavy atom. The molecule has 0 amide bonds. The van der Waals surface area contributed by atoms with Crippen LogP contribution in [0.2, 0.25) is 0 Å². The zero-order chi connectivity index (χ0) is 53.2. The summed E-state index contributed by atoms with van der Waals surface area (Å²) in [6.45, 7) is 2.64. The van der Waals surface area contributed by atoms with Crippen molar-refractivity contribution in [3.05, 3.63) is 12.2 Å². The van der Waals surface area contributed by atoms with E-state index in [0.29, 0.717) is 12.8 Å². The van der Waals surface area contributed by atoms with Crippen LogP contribution in [0, 0.1) is 0 Å². The summed E-state index contributed by atoms with van der Waals surface area (Å²) >= 11 is 0. The number of ether oxygens (including phenoxy) is 6. The zero-order valence-corrected chi connectivity index (χ0v) is 45.9. The molecule has 2 rings (SSSR count). The molecule has 11 atom stereocenters. The molecule has 0 saturated carbocycles. The molecule has 0 aromatic carbocycles. The summed E-state index contributed by atoms with van der Waals surface area (Å²) in [7, 11) is 0. The van der Waals surface area contributed by atoms with Gasteiger partial charge in [0.25, 0.3) is 0 Å². The maximum Gasteiger partial charge on any atom is 0.306 e. The van der Waals surface area contributed by atoms with Crippen LogP contribution < -0.4 is 0 Å². The molecule has 73 heavy (non-hydrogen) atoms. The van der Waals surface area contributed by atoms with Crippen LogP contribution in [0.25, 0.3) is 0 Å². The predicted octanol–water partition coefficient (Wildman–Crippen LogP) is 10.1. The molecule has 0 bridgehead atoms. The molecule has 4 unspecified atom stereocenters. The molecule has 0 aliphatic carbocycles. The third-order valence-corrected chi connectivity index (χ3v) is 14.5. The van der Waals surface area contributed by atoms with E-state index >= 15 is 0 Å². The van der Waals surface area contributed by atoms with E-state index in [0.717, 1.165) is 38.5 Å². The van der Waals surface area contributed by atoms with E-state index in [1.807, 2.05) is 0 Å². The van der Waals surface area contributed by atoms with E-state index < -0.39 is 92.7 Å². The Morgan fingerprint density at radius 1 is 0.425 bits per heavy atom. The molecular weight excluding hydrogens is 937 g/mol. The molecule has 0 aromatic heterocycles. The Bertz CT molecular complexity index is 1320. The van der Waals surface area contributed by atoms with Crippen LogP contribution in [0.4, 0.5) is 0 Å². The molecule has 2 heterocycles. The van der Waals surface area contributed by atoms with Gasteiger partial charge in [0.1, 0.15) is 55.4 Å². The van der Waals surface area contributed by atoms with Crippen LogP contribution in [0.1, 0.15) is 251 Å². The van der Waals surface area contributed by atoms with Crippen molar-refractivity contribution >= 4 is 11.9 Å². The molecule has 15 nitrogen and oxygen atoms in total. The topological polar surface area (TPSA) is 231 Å². The summed E-state index contributed by atoms with van der Waals surface area (Å²) < 4.78 is 33.7. The smallest absolute Gasteiger partial charge is 0.306 e. The van der Waals surface area contributed by atoms with Crippen LogP contribution in [0.5, 0.6) is 0 Å². The maximum atomic E-state index is 13.1. The number of unbranched alkanes of at least 4 members (excludes halogenated alkanes) is 32. The maximum absolute atomic E-state index is 13.1. The molecular formula is C58H108O15. The average Bonchev–Trinajstić information content (AvgIpc) is 3.38. The molecule has 2 aliphatic rings. The van der Waals surface area contributed by atoms with Gasteiger partial charge in [0.05, 0.1) is 19.8 Å². The van der Waals surface area contributed by atoms with Crippen LogP contribution >= 0.6 is 0 Å². The Hall–Kier alpha value is -1.76. The van der Waals surface area contributed by atoms with Gasteiger partial charge in [-0.25, -0.2) is 0 Å². The molecule has 2 fully saturated rings. The van der Waals surface area contributed by atoms with Crippen LogP contribution in [-0.2, 0) is 38.0 Å². The summed E-state index contributed by atoms with van der Waals surface area (Å²) in [5.41, 5.74) is 0. The molecule has 15 heteroatoms. The minimum atomic E-state index is -1.76. The summed E-state index contributed by atoms with van der Waals surface area (Å²) in [6.07, 6.45) is 30.9. The second-order valence-corrected chi connectivity index (χ2v) is 21.2. The lowest BCUT2D eigenvalue weighted by Gasteiger charge is -2.42. The van der Waals surface area contributed by atoms with Crippen LogP contribution in [-0.4, -0.2) is 142 Å². The number of hydrogen-bond donors (Lipinski definition) is 7. The first kappa shape index (κ1) is 67.3. The lowest BCUT2D eigenvalue weighted by atomic mass is 9.98. The average molecular weight is 1050 g/mol. The summed E-state index contributed by atoms with van der Waals surface area (Å²) in [5.74, 6) is -0.909. The van der Waals surface area contributed by atoms with E-state index in [2.05, 4.69) is 26.0 Å². The van der Waals surface area contributed by atoms with Gasteiger partial charge in [-0.2, -0.15) is 0 Å². The summed E-state index contributed by atoms with van der Waals surface area (Å²) in [5, 5.41) is 72.3. The monoisotopic (exact) mass is 1040 g/mol. The molecule has 2 aliphatic heterocycles. The molecule has 0 aromatic rings. The normalized spacial score (nSPS) is 24.8. The molecule has 2 saturated heterocycles. The van der Waals surface area contributed by atoms with Crippen molar-refractivity contribution < 1.29 is 73.8 Å². The zero-order valence-electron chi connectivity index (χ0n) is 45.9. The Morgan fingerprint density at radius 2 is 0.781 bits per heavy atom. The lowest BCUT2D eigenvalue weighted by molar-refractivity contribution is -0.332. The van der Waals surface area contributed by atoms with Gasteiger partial charge in [-0.1, -0.05) is 212 Å². The number of carbonyl (C=O) groups excluding carboxylic acids is 2. The standard InChI is InChI=1S/C58H108O15/c1-3-5-7-9-11-13-15-17-19-21-22-23-24-25-27-29-31-33-35-37-39-41-50(61)71-46(43-68-49(60)40-38-36-34-32-30-28-26-20-18-16-14-12-10-8-6-4-2)44-69-57-56(67)54(65)52(63)48(73-57)45-70-58-55(66)53(64)51(62)47(42-59)72-58/h17,19,46-48,51-59,62-67H,3-16,18,20-45H2,1-2H3/b19-17+/t46-,47+,48+,51-,52-,53?,54?,55?,56?,57+,58+/m1/s1. The number of rotatable bonds is 48. The Balaban J connectivity index is 1.74. The van der Waals surface area contributed by atoms with Crippen LogP contribution in [0.3, 0.4) is 0 Å². The van der Waals surface area contributed by atoms with Crippen molar-refractivity contribution in [1.82, 2.24) is 0 Å². The van der Waals surface area contributed by atoms with Gasteiger partial charge in [-0.3, -0.25) is 9.59 Å². The van der Waals surface area contributed by atoms with Crippen molar-refractivity contribution in [3.8, 4) is 0 Å². The Kier molecular flexibility index (Phi) is 41.8. The fourth-order valence-corrected chi connectivity index (χ4v) is 9.63. The predicted molar refractivity (Wildman–Crippen MR) is 285 cm³/mol. The number of aliphatic hydroxyl groups is 7. The molecule has 7 N–H and O–H groups in total. The van der Waals surface area contributed by atoms with Gasteiger partial charge < -0.3 is 64.2 Å². The van der Waals surface area contributed by atoms with E-state index in [1.54, 1.807) is 0 Å². The van der Waals surface area contributed by atoms with E-state index in [-0.39, 0.29) is 26.1 Å². The molecule has 430 valence electrons. The van der Waals surface area contributed by atoms with Gasteiger partial charge in [0.2, 0.25) is 0 Å². The van der Waals surface area contributed by atoms with Gasteiger partial charge >= 0.3 is 11.9 Å². The van der Waals surface area contributed by atoms with Crippen LogP contribution in [0.15, 0.2) is 12.2 Å². The first-order valence-electron chi connectivity index (χ1n) is 29.8. The second kappa shape index (κ2) is 45.3. The highest BCUT2D eigenvalue weighted by molar-refractivity contribution is 5.70. The Labute approximate surface area is 441 Å². The quantitative estimate of drug-likeness (QED) is 0.0171. The molecule has 0 radical (unpaired) electrons. The SMILES string of the molecule is CCCCCCCC/C=C/CCCCCCCCCCCCCC(=O)O[C@H](COC(=O)CCCCCCCCCCCCCCCCCC)CO[C@H]1O[C@@H](CO[C@H]2O[C@@H](CO)[C@@H](O)C(O)C2O)[C@@H](O)C(O)C1O. The van der Waals surface area contributed by atoms with E-state index in [1.165, 1.54) is 173 Å². The van der Waals surface area contributed by atoms with Crippen molar-refractivity contribution in [2.75, 3.05) is 26.4 Å².